The van der Waals surface area contributed by atoms with Crippen LogP contribution in [0, 0.1) is 0 Å². The van der Waals surface area contributed by atoms with Crippen LogP contribution in [0.5, 0.6) is 0 Å². The summed E-state index contributed by atoms with van der Waals surface area (Å²) in [5.74, 6) is 1.17. The van der Waals surface area contributed by atoms with Gasteiger partial charge < -0.3 is 4.98 Å². The third-order valence-electron chi connectivity index (χ3n) is 5.05. The van der Waals surface area contributed by atoms with Crippen molar-refractivity contribution < 1.29 is 0 Å². The van der Waals surface area contributed by atoms with Crippen molar-refractivity contribution in [1.82, 2.24) is 30.2 Å². The molecule has 0 aliphatic heterocycles. The van der Waals surface area contributed by atoms with Crippen LogP contribution in [0.3, 0.4) is 0 Å². The van der Waals surface area contributed by atoms with Gasteiger partial charge in [0.2, 0.25) is 5.16 Å². The number of aromatic amines is 1. The molecule has 0 unspecified atom stereocenters. The van der Waals surface area contributed by atoms with Crippen molar-refractivity contribution in [1.29, 1.82) is 0 Å². The first kappa shape index (κ1) is 17.6. The molecule has 0 atom stereocenters. The van der Waals surface area contributed by atoms with E-state index in [0.717, 1.165) is 34.0 Å². The van der Waals surface area contributed by atoms with E-state index in [4.69, 9.17) is 0 Å². The van der Waals surface area contributed by atoms with Gasteiger partial charge in [-0.1, -0.05) is 54.9 Å². The Kier molecular flexibility index (Phi) is 4.69. The Hall–Kier alpha value is -2.52. The first-order chi connectivity index (χ1) is 13.8. The summed E-state index contributed by atoms with van der Waals surface area (Å²) in [6.07, 6.45) is 4.69. The molecule has 1 aliphatic carbocycles. The van der Waals surface area contributed by atoms with Gasteiger partial charge >= 0.3 is 0 Å². The number of benzene rings is 1. The summed E-state index contributed by atoms with van der Waals surface area (Å²) >= 11 is 3.01. The lowest BCUT2D eigenvalue weighted by Gasteiger charge is -2.10. The molecule has 0 spiro atoms. The zero-order valence-corrected chi connectivity index (χ0v) is 16.7. The van der Waals surface area contributed by atoms with Crippen LogP contribution in [-0.2, 0) is 5.75 Å². The van der Waals surface area contributed by atoms with Crippen LogP contribution < -0.4 is 5.56 Å². The Bertz CT molecular complexity index is 1160. The number of thioether (sulfide) groups is 1. The molecule has 9 heteroatoms. The van der Waals surface area contributed by atoms with Gasteiger partial charge in [-0.3, -0.25) is 4.79 Å². The van der Waals surface area contributed by atoms with E-state index in [1.807, 2.05) is 40.4 Å². The van der Waals surface area contributed by atoms with Gasteiger partial charge in [0.05, 0.1) is 17.2 Å². The van der Waals surface area contributed by atoms with Crippen molar-refractivity contribution in [3.8, 4) is 11.1 Å². The lowest BCUT2D eigenvalue weighted by Crippen LogP contribution is -2.11. The Morgan fingerprint density at radius 2 is 2.04 bits per heavy atom. The molecule has 28 heavy (non-hydrogen) atoms. The number of hydrogen-bond acceptors (Lipinski definition) is 7. The number of nitrogens with zero attached hydrogens (tertiary/aromatic N) is 5. The maximum atomic E-state index is 12.7. The van der Waals surface area contributed by atoms with E-state index in [1.165, 1.54) is 35.9 Å². The monoisotopic (exact) mass is 410 g/mol. The van der Waals surface area contributed by atoms with Crippen molar-refractivity contribution >= 4 is 33.3 Å². The van der Waals surface area contributed by atoms with Crippen molar-refractivity contribution in [2.45, 2.75) is 42.6 Å². The summed E-state index contributed by atoms with van der Waals surface area (Å²) in [6.45, 7) is 0. The molecule has 4 aromatic rings. The smallest absolute Gasteiger partial charge is 0.260 e. The number of fused-ring (bicyclic) bond motifs is 1. The molecule has 1 aromatic carbocycles. The lowest BCUT2D eigenvalue weighted by atomic mass is 10.1. The van der Waals surface area contributed by atoms with Gasteiger partial charge in [0, 0.05) is 10.9 Å². The number of tetrazole rings is 1. The quantitative estimate of drug-likeness (QED) is 0.499. The minimum Gasteiger partial charge on any atom is -0.309 e. The van der Waals surface area contributed by atoms with Gasteiger partial charge in [0.1, 0.15) is 10.7 Å². The van der Waals surface area contributed by atoms with E-state index in [0.29, 0.717) is 23.0 Å². The van der Waals surface area contributed by atoms with Crippen LogP contribution in [0.25, 0.3) is 21.3 Å². The zero-order valence-electron chi connectivity index (χ0n) is 15.0. The largest absolute Gasteiger partial charge is 0.309 e. The molecule has 142 valence electrons. The van der Waals surface area contributed by atoms with Crippen LogP contribution >= 0.6 is 23.1 Å². The van der Waals surface area contributed by atoms with Crippen molar-refractivity contribution in [2.24, 2.45) is 0 Å². The van der Waals surface area contributed by atoms with Gasteiger partial charge in [0.25, 0.3) is 5.56 Å². The fourth-order valence-electron chi connectivity index (χ4n) is 3.68. The molecule has 5 rings (SSSR count). The highest BCUT2D eigenvalue weighted by Gasteiger charge is 2.22. The first-order valence-corrected chi connectivity index (χ1v) is 11.1. The Labute approximate surface area is 169 Å². The van der Waals surface area contributed by atoms with Crippen LogP contribution in [0.2, 0.25) is 0 Å². The normalized spacial score (nSPS) is 14.9. The number of nitrogens with one attached hydrogen (secondary N) is 1. The van der Waals surface area contributed by atoms with Crippen molar-refractivity contribution in [3.63, 3.8) is 0 Å². The molecule has 0 amide bonds. The van der Waals surface area contributed by atoms with Gasteiger partial charge in [-0.25, -0.2) is 9.67 Å². The van der Waals surface area contributed by atoms with Crippen LogP contribution in [0.15, 0.2) is 45.7 Å². The highest BCUT2D eigenvalue weighted by molar-refractivity contribution is 7.98. The van der Waals surface area contributed by atoms with E-state index in [9.17, 15) is 4.79 Å². The molecule has 7 nitrogen and oxygen atoms in total. The highest BCUT2D eigenvalue weighted by Crippen LogP contribution is 2.33. The van der Waals surface area contributed by atoms with E-state index >= 15 is 0 Å². The Morgan fingerprint density at radius 1 is 1.21 bits per heavy atom. The highest BCUT2D eigenvalue weighted by atomic mass is 32.2. The van der Waals surface area contributed by atoms with Crippen LogP contribution in [0.4, 0.5) is 0 Å². The number of H-pyrrole nitrogens is 1. The second kappa shape index (κ2) is 7.48. The molecule has 1 N–H and O–H groups in total. The molecule has 1 fully saturated rings. The minimum absolute atomic E-state index is 0.101. The molecule has 0 saturated heterocycles. The second-order valence-electron chi connectivity index (χ2n) is 6.84. The van der Waals surface area contributed by atoms with E-state index in [2.05, 4.69) is 25.5 Å². The summed E-state index contributed by atoms with van der Waals surface area (Å²) in [5.41, 5.74) is 1.86. The number of rotatable bonds is 5. The number of thiophene rings is 1. The van der Waals surface area contributed by atoms with Gasteiger partial charge in [-0.2, -0.15) is 0 Å². The first-order valence-electron chi connectivity index (χ1n) is 9.26. The summed E-state index contributed by atoms with van der Waals surface area (Å²) in [7, 11) is 0. The topological polar surface area (TPSA) is 89.4 Å². The maximum absolute atomic E-state index is 12.7. The molecule has 3 aromatic heterocycles. The zero-order chi connectivity index (χ0) is 18.9. The fraction of sp³-hybridized carbons (Fsp3) is 0.316. The summed E-state index contributed by atoms with van der Waals surface area (Å²) in [4.78, 5) is 21.1. The minimum atomic E-state index is -0.101. The molecular weight excluding hydrogens is 392 g/mol. The standard InChI is InChI=1S/C19H18N6OS2/c26-17-16-14(12-6-2-1-3-7-12)10-27-18(16)21-15(20-17)11-28-19-22-23-24-25(19)13-8-4-5-9-13/h1-3,6-7,10,13H,4-5,8-9,11H2,(H,20,21,26). The molecular formula is C19H18N6OS2. The summed E-state index contributed by atoms with van der Waals surface area (Å²) in [5, 5.41) is 15.6. The third-order valence-corrected chi connectivity index (χ3v) is 6.87. The number of aromatic nitrogens is 6. The molecule has 1 aliphatic rings. The van der Waals surface area contributed by atoms with Crippen molar-refractivity contribution in [2.75, 3.05) is 0 Å². The average molecular weight is 411 g/mol. The van der Waals surface area contributed by atoms with Gasteiger partial charge in [0.15, 0.2) is 0 Å². The predicted octanol–water partition coefficient (Wildman–Crippen LogP) is 4.05. The van der Waals surface area contributed by atoms with E-state index in [-0.39, 0.29) is 5.56 Å². The van der Waals surface area contributed by atoms with E-state index < -0.39 is 0 Å². The van der Waals surface area contributed by atoms with Gasteiger partial charge in [-0.05, 0) is 28.8 Å². The fourth-order valence-corrected chi connectivity index (χ4v) is 5.46. The summed E-state index contributed by atoms with van der Waals surface area (Å²) in [6, 6.07) is 10.3. The average Bonchev–Trinajstić information content (AvgIpc) is 3.46. The molecule has 0 radical (unpaired) electrons. The summed E-state index contributed by atoms with van der Waals surface area (Å²) < 4.78 is 1.92. The molecule has 1 saturated carbocycles. The molecule has 0 bridgehead atoms. The third kappa shape index (κ3) is 3.24. The molecule has 3 heterocycles. The Balaban J connectivity index is 1.41. The van der Waals surface area contributed by atoms with Crippen molar-refractivity contribution in [3.05, 3.63) is 51.9 Å². The second-order valence-corrected chi connectivity index (χ2v) is 8.64. The predicted molar refractivity (Wildman–Crippen MR) is 111 cm³/mol. The van der Waals surface area contributed by atoms with Gasteiger partial charge in [-0.15, -0.1) is 16.4 Å². The van der Waals surface area contributed by atoms with Crippen LogP contribution in [0.1, 0.15) is 37.5 Å². The van der Waals surface area contributed by atoms with E-state index in [1.54, 1.807) is 0 Å². The lowest BCUT2D eigenvalue weighted by molar-refractivity contribution is 0.423. The maximum Gasteiger partial charge on any atom is 0.260 e. The number of hydrogen-bond donors (Lipinski definition) is 1. The Morgan fingerprint density at radius 3 is 2.86 bits per heavy atom. The van der Waals surface area contributed by atoms with Crippen LogP contribution in [-0.4, -0.2) is 30.2 Å². The SMILES string of the molecule is O=c1[nH]c(CSc2nnnn2C2CCCC2)nc2scc(-c3ccccc3)c12.